The molecule has 2 aromatic rings. The van der Waals surface area contributed by atoms with E-state index in [1.807, 2.05) is 5.38 Å². The Balaban J connectivity index is 1.73. The zero-order valence-corrected chi connectivity index (χ0v) is 13.9. The summed E-state index contributed by atoms with van der Waals surface area (Å²) in [6.07, 6.45) is 1.81. The Kier molecular flexibility index (Phi) is 4.31. The number of β-amino-alcohol motifs (C(OH)–C–C–N with tert-alkyl or cyclic N) is 1. The molecular formula is C15H18N2O3S2. The summed E-state index contributed by atoms with van der Waals surface area (Å²) in [4.78, 5) is 7.12. The largest absolute Gasteiger partial charge is 0.392 e. The van der Waals surface area contributed by atoms with Gasteiger partial charge in [-0.25, -0.2) is 13.4 Å². The minimum absolute atomic E-state index is 0.221. The summed E-state index contributed by atoms with van der Waals surface area (Å²) in [5, 5.41) is 12.4. The monoisotopic (exact) mass is 338 g/mol. The molecule has 22 heavy (non-hydrogen) atoms. The van der Waals surface area contributed by atoms with Gasteiger partial charge in [0, 0.05) is 36.8 Å². The summed E-state index contributed by atoms with van der Waals surface area (Å²) >= 11 is 1.55. The zero-order chi connectivity index (χ0) is 15.7. The summed E-state index contributed by atoms with van der Waals surface area (Å²) in [5.41, 5.74) is 1.91. The van der Waals surface area contributed by atoms with Crippen molar-refractivity contribution in [1.29, 1.82) is 0 Å². The second-order valence-corrected chi connectivity index (χ2v) is 8.49. The van der Waals surface area contributed by atoms with Crippen molar-refractivity contribution >= 4 is 21.2 Å². The molecule has 1 aromatic carbocycles. The van der Waals surface area contributed by atoms with Crippen LogP contribution in [0.15, 0.2) is 34.5 Å². The quantitative estimate of drug-likeness (QED) is 0.920. The first-order valence-corrected chi connectivity index (χ1v) is 9.84. The number of nitrogens with zero attached hydrogens (tertiary/aromatic N) is 2. The van der Waals surface area contributed by atoms with Crippen molar-refractivity contribution in [3.8, 4) is 10.6 Å². The van der Waals surface area contributed by atoms with Crippen molar-refractivity contribution in [2.24, 2.45) is 0 Å². The number of thiazole rings is 1. The highest BCUT2D eigenvalue weighted by Gasteiger charge is 2.20. The molecule has 0 spiro atoms. The second-order valence-electron chi connectivity index (χ2n) is 5.62. The van der Waals surface area contributed by atoms with Gasteiger partial charge in [-0.1, -0.05) is 12.1 Å². The van der Waals surface area contributed by atoms with Crippen molar-refractivity contribution in [2.45, 2.75) is 24.0 Å². The van der Waals surface area contributed by atoms with E-state index in [-0.39, 0.29) is 6.10 Å². The average Bonchev–Trinajstić information content (AvgIpc) is 3.08. The first kappa shape index (κ1) is 15.6. The molecule has 1 aromatic heterocycles. The molecule has 1 aliphatic heterocycles. The summed E-state index contributed by atoms with van der Waals surface area (Å²) in [6.45, 7) is 2.35. The molecule has 0 amide bonds. The van der Waals surface area contributed by atoms with Crippen molar-refractivity contribution in [3.63, 3.8) is 0 Å². The lowest BCUT2D eigenvalue weighted by Gasteiger charge is -2.12. The Morgan fingerprint density at radius 2 is 2.09 bits per heavy atom. The highest BCUT2D eigenvalue weighted by molar-refractivity contribution is 7.90. The van der Waals surface area contributed by atoms with Crippen LogP contribution in [0.5, 0.6) is 0 Å². The molecular weight excluding hydrogens is 320 g/mol. The molecule has 1 atom stereocenters. The Labute approximate surface area is 134 Å². The van der Waals surface area contributed by atoms with Crippen LogP contribution >= 0.6 is 11.3 Å². The molecule has 7 heteroatoms. The van der Waals surface area contributed by atoms with Crippen LogP contribution in [0.2, 0.25) is 0 Å². The van der Waals surface area contributed by atoms with E-state index in [1.165, 1.54) is 6.26 Å². The first-order valence-electron chi connectivity index (χ1n) is 7.07. The van der Waals surface area contributed by atoms with Gasteiger partial charge in [0.1, 0.15) is 5.01 Å². The van der Waals surface area contributed by atoms with Gasteiger partial charge in [-0.15, -0.1) is 11.3 Å². The van der Waals surface area contributed by atoms with Crippen LogP contribution in [-0.4, -0.2) is 48.9 Å². The summed E-state index contributed by atoms with van der Waals surface area (Å²) in [6, 6.07) is 6.81. The van der Waals surface area contributed by atoms with Gasteiger partial charge in [0.2, 0.25) is 0 Å². The molecule has 0 unspecified atom stereocenters. The number of benzene rings is 1. The van der Waals surface area contributed by atoms with Crippen molar-refractivity contribution in [3.05, 3.63) is 35.3 Å². The number of hydrogen-bond donors (Lipinski definition) is 1. The zero-order valence-electron chi connectivity index (χ0n) is 12.3. The Bertz CT molecular complexity index is 753. The van der Waals surface area contributed by atoms with Crippen LogP contribution in [0.1, 0.15) is 12.1 Å². The number of rotatable bonds is 4. The van der Waals surface area contributed by atoms with Gasteiger partial charge in [-0.3, -0.25) is 4.90 Å². The van der Waals surface area contributed by atoms with E-state index in [0.29, 0.717) is 11.4 Å². The third-order valence-corrected chi connectivity index (χ3v) is 5.78. The SMILES string of the molecule is CS(=O)(=O)c1ccc(-c2nc(CN3CC[C@H](O)C3)cs2)cc1. The summed E-state index contributed by atoms with van der Waals surface area (Å²) in [5.74, 6) is 0. The minimum Gasteiger partial charge on any atom is -0.392 e. The topological polar surface area (TPSA) is 70.5 Å². The molecule has 1 N–H and O–H groups in total. The third kappa shape index (κ3) is 3.55. The van der Waals surface area contributed by atoms with E-state index in [4.69, 9.17) is 0 Å². The molecule has 0 saturated carbocycles. The number of hydrogen-bond acceptors (Lipinski definition) is 6. The number of aliphatic hydroxyl groups is 1. The van der Waals surface area contributed by atoms with Crippen LogP contribution in [0.3, 0.4) is 0 Å². The van der Waals surface area contributed by atoms with Gasteiger partial charge >= 0.3 is 0 Å². The average molecular weight is 338 g/mol. The van der Waals surface area contributed by atoms with E-state index < -0.39 is 9.84 Å². The summed E-state index contributed by atoms with van der Waals surface area (Å²) < 4.78 is 22.9. The maximum Gasteiger partial charge on any atom is 0.175 e. The lowest BCUT2D eigenvalue weighted by molar-refractivity contribution is 0.174. The minimum atomic E-state index is -3.16. The van der Waals surface area contributed by atoms with Crippen LogP contribution in [0.4, 0.5) is 0 Å². The number of sulfone groups is 1. The van der Waals surface area contributed by atoms with Crippen molar-refractivity contribution in [2.75, 3.05) is 19.3 Å². The van der Waals surface area contributed by atoms with E-state index in [0.717, 1.165) is 35.8 Å². The highest BCUT2D eigenvalue weighted by Crippen LogP contribution is 2.26. The third-order valence-electron chi connectivity index (χ3n) is 3.71. The number of likely N-dealkylation sites (tertiary alicyclic amines) is 1. The molecule has 1 saturated heterocycles. The predicted octanol–water partition coefficient (Wildman–Crippen LogP) is 1.78. The Hall–Kier alpha value is -1.28. The molecule has 2 heterocycles. The van der Waals surface area contributed by atoms with Crippen LogP contribution < -0.4 is 0 Å². The number of aromatic nitrogens is 1. The smallest absolute Gasteiger partial charge is 0.175 e. The fraction of sp³-hybridized carbons (Fsp3) is 0.400. The van der Waals surface area contributed by atoms with Crippen LogP contribution in [-0.2, 0) is 16.4 Å². The molecule has 3 rings (SSSR count). The molecule has 0 radical (unpaired) electrons. The van der Waals surface area contributed by atoms with E-state index >= 15 is 0 Å². The fourth-order valence-corrected chi connectivity index (χ4v) is 3.99. The standard InChI is InChI=1S/C15H18N2O3S2/c1-22(19,20)14-4-2-11(3-5-14)15-16-12(10-21-15)8-17-7-6-13(18)9-17/h2-5,10,13,18H,6-9H2,1H3/t13-/m0/s1. The molecule has 118 valence electrons. The highest BCUT2D eigenvalue weighted by atomic mass is 32.2. The van der Waals surface area contributed by atoms with Crippen molar-refractivity contribution < 1.29 is 13.5 Å². The first-order chi connectivity index (χ1) is 10.4. The van der Waals surface area contributed by atoms with Crippen molar-refractivity contribution in [1.82, 2.24) is 9.88 Å². The summed E-state index contributed by atoms with van der Waals surface area (Å²) in [7, 11) is -3.16. The van der Waals surface area contributed by atoms with E-state index in [1.54, 1.807) is 35.6 Å². The maximum absolute atomic E-state index is 11.5. The Morgan fingerprint density at radius 3 is 2.68 bits per heavy atom. The van der Waals surface area contributed by atoms with Crippen LogP contribution in [0.25, 0.3) is 10.6 Å². The predicted molar refractivity (Wildman–Crippen MR) is 86.6 cm³/mol. The van der Waals surface area contributed by atoms with Gasteiger partial charge in [0.25, 0.3) is 0 Å². The van der Waals surface area contributed by atoms with Gasteiger partial charge < -0.3 is 5.11 Å². The molecule has 1 aliphatic rings. The van der Waals surface area contributed by atoms with E-state index in [2.05, 4.69) is 9.88 Å². The van der Waals surface area contributed by atoms with Crippen LogP contribution in [0, 0.1) is 0 Å². The van der Waals surface area contributed by atoms with Gasteiger partial charge in [-0.2, -0.15) is 0 Å². The lowest BCUT2D eigenvalue weighted by atomic mass is 10.2. The number of aliphatic hydroxyl groups excluding tert-OH is 1. The second kappa shape index (κ2) is 6.08. The normalized spacial score (nSPS) is 19.6. The lowest BCUT2D eigenvalue weighted by Crippen LogP contribution is -2.21. The molecule has 0 aliphatic carbocycles. The van der Waals surface area contributed by atoms with Gasteiger partial charge in [0.15, 0.2) is 9.84 Å². The molecule has 1 fully saturated rings. The fourth-order valence-electron chi connectivity index (χ4n) is 2.54. The van der Waals surface area contributed by atoms with Gasteiger partial charge in [0.05, 0.1) is 16.7 Å². The van der Waals surface area contributed by atoms with E-state index in [9.17, 15) is 13.5 Å². The van der Waals surface area contributed by atoms with Gasteiger partial charge in [-0.05, 0) is 18.6 Å². The molecule has 5 nitrogen and oxygen atoms in total. The molecule has 0 bridgehead atoms. The Morgan fingerprint density at radius 1 is 1.36 bits per heavy atom. The maximum atomic E-state index is 11.5.